The van der Waals surface area contributed by atoms with Gasteiger partial charge >= 0.3 is 5.97 Å². The van der Waals surface area contributed by atoms with Crippen molar-refractivity contribution in [3.05, 3.63) is 94.7 Å². The number of ether oxygens (including phenoxy) is 3. The number of esters is 1. The highest BCUT2D eigenvalue weighted by Gasteiger charge is 2.26. The maximum Gasteiger partial charge on any atom is 0.305 e. The van der Waals surface area contributed by atoms with E-state index in [-0.39, 0.29) is 41.9 Å². The van der Waals surface area contributed by atoms with Gasteiger partial charge in [-0.25, -0.2) is 12.8 Å². The van der Waals surface area contributed by atoms with Crippen LogP contribution in [-0.2, 0) is 24.1 Å². The molecule has 0 aromatic heterocycles. The Morgan fingerprint density at radius 1 is 1.08 bits per heavy atom. The van der Waals surface area contributed by atoms with Crippen LogP contribution in [0.2, 0.25) is 0 Å². The summed E-state index contributed by atoms with van der Waals surface area (Å²) in [5, 5.41) is 3.33. The average Bonchev–Trinajstić information content (AvgIpc) is 3.23. The molecule has 1 unspecified atom stereocenters. The fourth-order valence-electron chi connectivity index (χ4n) is 5.57. The van der Waals surface area contributed by atoms with Gasteiger partial charge in [-0.05, 0) is 126 Å². The van der Waals surface area contributed by atoms with E-state index in [0.29, 0.717) is 32.4 Å². The van der Waals surface area contributed by atoms with Crippen molar-refractivity contribution >= 4 is 21.4 Å². The van der Waals surface area contributed by atoms with Crippen molar-refractivity contribution < 1.29 is 31.8 Å². The number of carbonyl (C=O) groups excluding carboxylic acids is 1. The van der Waals surface area contributed by atoms with Crippen LogP contribution in [-0.4, -0.2) is 51.3 Å². The Morgan fingerprint density at radius 3 is 2.35 bits per heavy atom. The first kappa shape index (κ1) is 40.6. The SMILES string of the molecule is C/C=C(/F)C(C=C/C=C/NCC1=CCC=C(OC(C)C)C(c2c(C)cc(OC3CCS(=O)(=O)CC3)cc2C)=C1)CCC(=O)OCC.CC. The molecule has 1 aliphatic heterocycles. The fourth-order valence-corrected chi connectivity index (χ4v) is 7.02. The second-order valence-corrected chi connectivity index (χ2v) is 14.3. The second-order valence-electron chi connectivity index (χ2n) is 12.0. The number of benzene rings is 1. The summed E-state index contributed by atoms with van der Waals surface area (Å²) >= 11 is 0. The lowest BCUT2D eigenvalue weighted by Gasteiger charge is -2.25. The van der Waals surface area contributed by atoms with Crippen LogP contribution in [0.1, 0.15) is 90.3 Å². The van der Waals surface area contributed by atoms with Crippen LogP contribution in [0.15, 0.2) is 78.0 Å². The van der Waals surface area contributed by atoms with E-state index in [9.17, 15) is 17.6 Å². The number of rotatable bonds is 15. The van der Waals surface area contributed by atoms with Crippen LogP contribution in [0.3, 0.4) is 0 Å². The zero-order valence-electron chi connectivity index (χ0n) is 30.1. The van der Waals surface area contributed by atoms with Crippen LogP contribution in [0.5, 0.6) is 5.75 Å². The normalized spacial score (nSPS) is 17.5. The van der Waals surface area contributed by atoms with Crippen LogP contribution in [0.25, 0.3) is 5.57 Å². The third-order valence-electron chi connectivity index (χ3n) is 7.79. The molecule has 1 fully saturated rings. The highest BCUT2D eigenvalue weighted by Crippen LogP contribution is 2.36. The molecule has 2 aliphatic rings. The van der Waals surface area contributed by atoms with Crippen molar-refractivity contribution in [3.63, 3.8) is 0 Å². The summed E-state index contributed by atoms with van der Waals surface area (Å²) in [5.41, 5.74) is 5.27. The molecule has 48 heavy (non-hydrogen) atoms. The molecule has 1 heterocycles. The standard InChI is InChI=1S/C37H50FNO6S.C2H6/c1-7-34(38)30(15-16-36(40)43-8-2)13-9-10-19-39-25-29-12-11-14-35(44-26(3)4)33(24-29)37-27(5)22-32(23-28(37)6)45-31-17-20-46(41,42)21-18-31;1-2/h7,9-10,12-14,19,22-24,26,30-31,39H,8,11,15-18,20-21,25H2,1-6H3;1-2H3/b13-9?,19-10+,34-7+;. The van der Waals surface area contributed by atoms with Crippen molar-refractivity contribution in [3.8, 4) is 5.75 Å². The number of carbonyl (C=O) groups is 1. The molecule has 1 aromatic carbocycles. The molecule has 1 aliphatic carbocycles. The average molecular weight is 686 g/mol. The summed E-state index contributed by atoms with van der Waals surface area (Å²) in [6.07, 6.45) is 17.2. The van der Waals surface area contributed by atoms with E-state index in [0.717, 1.165) is 45.8 Å². The number of allylic oxidation sites excluding steroid dienone is 8. The summed E-state index contributed by atoms with van der Waals surface area (Å²) in [4.78, 5) is 11.7. The molecule has 7 nitrogen and oxygen atoms in total. The monoisotopic (exact) mass is 685 g/mol. The third-order valence-corrected chi connectivity index (χ3v) is 9.51. The number of hydrogen-bond acceptors (Lipinski definition) is 7. The number of nitrogens with one attached hydrogen (secondary N) is 1. The Balaban J connectivity index is 0.00000392. The van der Waals surface area contributed by atoms with E-state index in [1.807, 2.05) is 52.1 Å². The summed E-state index contributed by atoms with van der Waals surface area (Å²) in [5.74, 6) is 0.838. The van der Waals surface area contributed by atoms with Crippen molar-refractivity contribution in [2.24, 2.45) is 5.92 Å². The minimum atomic E-state index is -2.95. The molecule has 0 amide bonds. The summed E-state index contributed by atoms with van der Waals surface area (Å²) in [6, 6.07) is 4.05. The Morgan fingerprint density at radius 2 is 1.75 bits per heavy atom. The minimum Gasteiger partial charge on any atom is -0.491 e. The van der Waals surface area contributed by atoms with Crippen molar-refractivity contribution in [1.82, 2.24) is 5.32 Å². The summed E-state index contributed by atoms with van der Waals surface area (Å²) < 4.78 is 55.5. The third kappa shape index (κ3) is 13.5. The van der Waals surface area contributed by atoms with Crippen LogP contribution >= 0.6 is 0 Å². The van der Waals surface area contributed by atoms with Gasteiger partial charge in [-0.1, -0.05) is 38.2 Å². The number of halogens is 1. The first-order valence-corrected chi connectivity index (χ1v) is 19.0. The molecular weight excluding hydrogens is 629 g/mol. The highest BCUT2D eigenvalue weighted by atomic mass is 32.2. The van der Waals surface area contributed by atoms with Gasteiger partial charge in [0.15, 0.2) is 9.84 Å². The maximum absolute atomic E-state index is 14.3. The first-order chi connectivity index (χ1) is 22.9. The van der Waals surface area contributed by atoms with Crippen LogP contribution in [0, 0.1) is 19.8 Å². The van der Waals surface area contributed by atoms with Gasteiger partial charge in [0.2, 0.25) is 0 Å². The Hall–Kier alpha value is -3.59. The second kappa shape index (κ2) is 20.7. The van der Waals surface area contributed by atoms with Crippen molar-refractivity contribution in [2.75, 3.05) is 24.7 Å². The molecule has 0 saturated carbocycles. The van der Waals surface area contributed by atoms with Crippen molar-refractivity contribution in [2.45, 2.75) is 99.7 Å². The Bertz CT molecular complexity index is 1460. The predicted molar refractivity (Wildman–Crippen MR) is 195 cm³/mol. The van der Waals surface area contributed by atoms with E-state index < -0.39 is 15.8 Å². The van der Waals surface area contributed by atoms with Gasteiger partial charge in [0.1, 0.15) is 23.4 Å². The molecule has 9 heteroatoms. The van der Waals surface area contributed by atoms with Gasteiger partial charge in [0.05, 0.1) is 24.2 Å². The lowest BCUT2D eigenvalue weighted by Crippen LogP contribution is -2.30. The predicted octanol–water partition coefficient (Wildman–Crippen LogP) is 8.80. The number of sulfone groups is 1. The first-order valence-electron chi connectivity index (χ1n) is 17.2. The van der Waals surface area contributed by atoms with E-state index in [1.54, 1.807) is 26.0 Å². The molecule has 1 saturated heterocycles. The fraction of sp³-hybridized carbons (Fsp3) is 0.513. The van der Waals surface area contributed by atoms with E-state index in [2.05, 4.69) is 37.4 Å². The molecule has 1 atom stereocenters. The Kier molecular flexibility index (Phi) is 17.5. The number of aryl methyl sites for hydroxylation is 2. The van der Waals surface area contributed by atoms with Gasteiger partial charge in [-0.3, -0.25) is 4.79 Å². The molecule has 0 radical (unpaired) electrons. The zero-order chi connectivity index (χ0) is 35.7. The van der Waals surface area contributed by atoms with Crippen LogP contribution < -0.4 is 10.1 Å². The molecule has 0 spiro atoms. The molecular formula is C39H56FNO6S. The summed E-state index contributed by atoms with van der Waals surface area (Å²) in [6.45, 7) is 16.4. The molecule has 266 valence electrons. The van der Waals surface area contributed by atoms with Gasteiger partial charge in [-0.2, -0.15) is 0 Å². The minimum absolute atomic E-state index is 0.00310. The summed E-state index contributed by atoms with van der Waals surface area (Å²) in [7, 11) is -2.95. The quantitative estimate of drug-likeness (QED) is 0.146. The smallest absolute Gasteiger partial charge is 0.305 e. The van der Waals surface area contributed by atoms with E-state index in [1.165, 1.54) is 6.08 Å². The molecule has 0 bridgehead atoms. The van der Waals surface area contributed by atoms with Crippen LogP contribution in [0.4, 0.5) is 4.39 Å². The molecule has 1 N–H and O–H groups in total. The van der Waals surface area contributed by atoms with Gasteiger partial charge in [-0.15, -0.1) is 0 Å². The van der Waals surface area contributed by atoms with Crippen molar-refractivity contribution in [1.29, 1.82) is 0 Å². The highest BCUT2D eigenvalue weighted by molar-refractivity contribution is 7.91. The maximum atomic E-state index is 14.3. The number of hydrogen-bond donors (Lipinski definition) is 1. The van der Waals surface area contributed by atoms with Gasteiger partial charge < -0.3 is 19.5 Å². The Labute approximate surface area is 288 Å². The van der Waals surface area contributed by atoms with E-state index >= 15 is 0 Å². The van der Waals surface area contributed by atoms with Gasteiger partial charge in [0, 0.05) is 24.5 Å². The lowest BCUT2D eigenvalue weighted by molar-refractivity contribution is -0.143. The molecule has 1 aromatic rings. The zero-order valence-corrected chi connectivity index (χ0v) is 30.9. The largest absolute Gasteiger partial charge is 0.491 e. The van der Waals surface area contributed by atoms with E-state index in [4.69, 9.17) is 14.2 Å². The molecule has 3 rings (SSSR count). The van der Waals surface area contributed by atoms with Gasteiger partial charge in [0.25, 0.3) is 0 Å². The topological polar surface area (TPSA) is 90.9 Å². The lowest BCUT2D eigenvalue weighted by atomic mass is 9.92.